The van der Waals surface area contributed by atoms with Crippen molar-refractivity contribution < 1.29 is 21.6 Å². The molecular formula is C8H16O5Si4. The van der Waals surface area contributed by atoms with E-state index in [1.807, 2.05) is 30.3 Å². The zero-order valence-corrected chi connectivity index (χ0v) is 15.9. The molecule has 1 aromatic carbocycles. The molecule has 0 spiro atoms. The summed E-state index contributed by atoms with van der Waals surface area (Å²) in [6.07, 6.45) is 0. The van der Waals surface area contributed by atoms with E-state index < -0.39 is 29.3 Å². The van der Waals surface area contributed by atoms with Crippen LogP contribution in [0, 0.1) is 0 Å². The van der Waals surface area contributed by atoms with Crippen LogP contribution in [0.5, 0.6) is 0 Å². The Morgan fingerprint density at radius 3 is 2.59 bits per heavy atom. The van der Waals surface area contributed by atoms with Gasteiger partial charge in [-0.15, -0.1) is 0 Å². The van der Waals surface area contributed by atoms with Crippen molar-refractivity contribution in [2.75, 3.05) is 0 Å². The summed E-state index contributed by atoms with van der Waals surface area (Å²) in [5, 5.41) is 0.951. The Bertz CT molecular complexity index is 336. The maximum Gasteiger partial charge on any atom is 0.410 e. The zero-order chi connectivity index (χ0) is 12.5. The first-order valence-corrected chi connectivity index (χ1v) is 9.79. The van der Waals surface area contributed by atoms with Gasteiger partial charge in [-0.05, 0) is 0 Å². The van der Waals surface area contributed by atoms with Gasteiger partial charge in [0, 0.05) is 12.1 Å². The molecule has 0 aliphatic heterocycles. The van der Waals surface area contributed by atoms with Gasteiger partial charge in [0.25, 0.3) is 26.0 Å². The van der Waals surface area contributed by atoms with Crippen molar-refractivity contribution in [2.24, 2.45) is 0 Å². The first-order valence-electron chi connectivity index (χ1n) is 5.14. The van der Waals surface area contributed by atoms with Gasteiger partial charge in [-0.3, -0.25) is 4.79 Å². The molecule has 0 aromatic heterocycles. The molecule has 0 amide bonds. The molecule has 0 saturated heterocycles. The highest BCUT2D eigenvalue weighted by molar-refractivity contribution is 6.67. The van der Waals surface area contributed by atoms with Crippen molar-refractivity contribution >= 4 is 50.9 Å². The fraction of sp³-hybridized carbons (Fsp3) is 0.125. The van der Waals surface area contributed by atoms with Crippen molar-refractivity contribution in [3.8, 4) is 0 Å². The van der Waals surface area contributed by atoms with E-state index in [0.29, 0.717) is 10.5 Å². The third kappa shape index (κ3) is 6.07. The minimum Gasteiger partial charge on any atom is -0.493 e. The van der Waals surface area contributed by atoms with Crippen LogP contribution < -0.4 is 5.19 Å². The molecule has 1 rings (SSSR count). The first-order chi connectivity index (χ1) is 8.24. The number of hydrogen-bond acceptors (Lipinski definition) is 5. The van der Waals surface area contributed by atoms with Crippen LogP contribution in [0.2, 0.25) is 0 Å². The monoisotopic (exact) mass is 304 g/mol. The van der Waals surface area contributed by atoms with Crippen molar-refractivity contribution in [1.82, 2.24) is 0 Å². The second-order valence-corrected chi connectivity index (χ2v) is 10.6. The van der Waals surface area contributed by atoms with Crippen molar-refractivity contribution in [3.63, 3.8) is 0 Å². The molecule has 0 heterocycles. The summed E-state index contributed by atoms with van der Waals surface area (Å²) < 4.78 is 21.2. The predicted octanol–water partition coefficient (Wildman–Crippen LogP) is -2.99. The highest BCUT2D eigenvalue weighted by Gasteiger charge is 2.19. The summed E-state index contributed by atoms with van der Waals surface area (Å²) in [7, 11) is -3.36. The average Bonchev–Trinajstić information content (AvgIpc) is 2.34. The zero-order valence-electron chi connectivity index (χ0n) is 9.92. The quantitative estimate of drug-likeness (QED) is 0.397. The van der Waals surface area contributed by atoms with Gasteiger partial charge in [0.05, 0.1) is 0 Å². The topological polar surface area (TPSA) is 54.0 Å². The van der Waals surface area contributed by atoms with Crippen molar-refractivity contribution in [1.29, 1.82) is 0 Å². The van der Waals surface area contributed by atoms with Gasteiger partial charge in [-0.2, -0.15) is 0 Å². The molecule has 0 N–H and O–H groups in total. The minimum absolute atomic E-state index is 0.309. The van der Waals surface area contributed by atoms with E-state index in [-0.39, 0.29) is 5.97 Å². The second-order valence-electron chi connectivity index (χ2n) is 3.25. The van der Waals surface area contributed by atoms with Gasteiger partial charge in [0.1, 0.15) is 10.5 Å². The fourth-order valence-corrected chi connectivity index (χ4v) is 7.39. The lowest BCUT2D eigenvalue weighted by atomic mass is 10.4. The molecule has 17 heavy (non-hydrogen) atoms. The Morgan fingerprint density at radius 1 is 1.29 bits per heavy atom. The van der Waals surface area contributed by atoms with Gasteiger partial charge in [-0.25, -0.2) is 0 Å². The van der Waals surface area contributed by atoms with Crippen molar-refractivity contribution in [3.05, 3.63) is 30.3 Å². The average molecular weight is 305 g/mol. The highest BCUT2D eigenvalue weighted by Crippen LogP contribution is 1.93. The van der Waals surface area contributed by atoms with Crippen LogP contribution in [0.4, 0.5) is 0 Å². The van der Waals surface area contributed by atoms with E-state index in [2.05, 4.69) is 0 Å². The summed E-state index contributed by atoms with van der Waals surface area (Å²) >= 11 is 0. The number of carbonyl (C=O) groups is 1. The lowest BCUT2D eigenvalue weighted by Gasteiger charge is -2.16. The molecule has 0 radical (unpaired) electrons. The number of carbonyl (C=O) groups excluding carboxylic acids is 1. The maximum atomic E-state index is 11.0. The molecule has 1 unspecified atom stereocenters. The molecule has 0 bridgehead atoms. The molecule has 1 atom stereocenters. The fourth-order valence-electron chi connectivity index (χ4n) is 1.19. The van der Waals surface area contributed by atoms with E-state index in [9.17, 15) is 4.79 Å². The molecule has 94 valence electrons. The molecule has 0 aliphatic rings. The minimum atomic E-state index is -2.13. The molecule has 5 nitrogen and oxygen atoms in total. The SMILES string of the molecule is CC(=O)O[SiH](O[SiH2]O[SiH2]O[SiH3])c1ccccc1. The molecular weight excluding hydrogens is 288 g/mol. The second kappa shape index (κ2) is 8.52. The van der Waals surface area contributed by atoms with Crippen LogP contribution >= 0.6 is 0 Å². The smallest absolute Gasteiger partial charge is 0.410 e. The predicted molar refractivity (Wildman–Crippen MR) is 75.3 cm³/mol. The van der Waals surface area contributed by atoms with Crippen LogP contribution in [0.25, 0.3) is 0 Å². The summed E-state index contributed by atoms with van der Waals surface area (Å²) in [6, 6.07) is 9.54. The van der Waals surface area contributed by atoms with Gasteiger partial charge in [0.15, 0.2) is 0 Å². The molecule has 9 heteroatoms. The molecule has 0 fully saturated rings. The van der Waals surface area contributed by atoms with E-state index in [4.69, 9.17) is 16.8 Å². The Hall–Kier alpha value is -0.562. The van der Waals surface area contributed by atoms with Crippen LogP contribution in [0.3, 0.4) is 0 Å². The Kier molecular flexibility index (Phi) is 7.26. The van der Waals surface area contributed by atoms with Gasteiger partial charge in [-0.1, -0.05) is 30.3 Å². The van der Waals surface area contributed by atoms with E-state index >= 15 is 0 Å². The highest BCUT2D eigenvalue weighted by atomic mass is 28.4. The normalized spacial score (nSPS) is 13.7. The van der Waals surface area contributed by atoms with Crippen LogP contribution in [0.1, 0.15) is 6.92 Å². The van der Waals surface area contributed by atoms with Gasteiger partial charge >= 0.3 is 9.28 Å². The van der Waals surface area contributed by atoms with E-state index in [1.165, 1.54) is 6.92 Å². The third-order valence-corrected chi connectivity index (χ3v) is 7.36. The van der Waals surface area contributed by atoms with Crippen LogP contribution in [-0.2, 0) is 21.6 Å². The number of rotatable bonds is 7. The summed E-state index contributed by atoms with van der Waals surface area (Å²) in [4.78, 5) is 11.0. The van der Waals surface area contributed by atoms with E-state index in [0.717, 1.165) is 5.19 Å². The van der Waals surface area contributed by atoms with Crippen molar-refractivity contribution in [2.45, 2.75) is 6.92 Å². The molecule has 0 saturated carbocycles. The number of hydrogen-bond donors (Lipinski definition) is 0. The molecule has 1 aromatic rings. The standard InChI is InChI=1S/C8H16O5Si4/c1-7(9)10-17(13-16-12-15-11-14)8-5-3-2-4-6-8/h2-6,17H,15-16H2,1,14H3. The number of benzene rings is 1. The lowest BCUT2D eigenvalue weighted by Crippen LogP contribution is -2.40. The maximum absolute atomic E-state index is 11.0. The largest absolute Gasteiger partial charge is 0.493 e. The van der Waals surface area contributed by atoms with Crippen LogP contribution in [-0.4, -0.2) is 45.8 Å². The lowest BCUT2D eigenvalue weighted by molar-refractivity contribution is -0.132. The van der Waals surface area contributed by atoms with E-state index in [1.54, 1.807) is 0 Å². The summed E-state index contributed by atoms with van der Waals surface area (Å²) in [6.45, 7) is 1.39. The van der Waals surface area contributed by atoms with Gasteiger partial charge in [0.2, 0.25) is 0 Å². The van der Waals surface area contributed by atoms with Gasteiger partial charge < -0.3 is 16.8 Å². The molecule has 0 aliphatic carbocycles. The summed E-state index contributed by atoms with van der Waals surface area (Å²) in [5.74, 6) is -0.309. The summed E-state index contributed by atoms with van der Waals surface area (Å²) in [5.41, 5.74) is 0. The first kappa shape index (κ1) is 14.5. The van der Waals surface area contributed by atoms with Crippen LogP contribution in [0.15, 0.2) is 30.3 Å². The Balaban J connectivity index is 2.52. The Morgan fingerprint density at radius 2 is 2.00 bits per heavy atom. The third-order valence-electron chi connectivity index (χ3n) is 1.85. The Labute approximate surface area is 110 Å².